The number of carboxylic acids is 1. The first-order chi connectivity index (χ1) is 9.63. The van der Waals surface area contributed by atoms with Crippen LogP contribution < -0.4 is 0 Å². The predicted molar refractivity (Wildman–Crippen MR) is 80.2 cm³/mol. The SMILES string of the molecule is CC[C@@H](C)n1c(CCc2ccccc2)ccc1C(=O)O. The van der Waals surface area contributed by atoms with Crippen molar-refractivity contribution in [1.82, 2.24) is 4.57 Å². The van der Waals surface area contributed by atoms with Crippen LogP contribution in [0.1, 0.15) is 48.1 Å². The second-order valence-corrected chi connectivity index (χ2v) is 5.13. The van der Waals surface area contributed by atoms with E-state index in [-0.39, 0.29) is 6.04 Å². The van der Waals surface area contributed by atoms with Gasteiger partial charge in [-0.15, -0.1) is 0 Å². The van der Waals surface area contributed by atoms with Gasteiger partial charge in [-0.3, -0.25) is 0 Å². The molecule has 0 fully saturated rings. The van der Waals surface area contributed by atoms with Gasteiger partial charge in [0.2, 0.25) is 0 Å². The van der Waals surface area contributed by atoms with Gasteiger partial charge in [-0.05, 0) is 43.9 Å². The first-order valence-electron chi connectivity index (χ1n) is 7.10. The summed E-state index contributed by atoms with van der Waals surface area (Å²) in [5.74, 6) is -0.851. The minimum absolute atomic E-state index is 0.210. The van der Waals surface area contributed by atoms with Crippen molar-refractivity contribution >= 4 is 5.97 Å². The molecule has 0 amide bonds. The van der Waals surface area contributed by atoms with Gasteiger partial charge in [0.05, 0.1) is 0 Å². The van der Waals surface area contributed by atoms with Crippen LogP contribution in [0.5, 0.6) is 0 Å². The minimum atomic E-state index is -0.851. The van der Waals surface area contributed by atoms with E-state index in [4.69, 9.17) is 0 Å². The topological polar surface area (TPSA) is 42.2 Å². The summed E-state index contributed by atoms with van der Waals surface area (Å²) in [6, 6.07) is 14.2. The van der Waals surface area contributed by atoms with Gasteiger partial charge in [0.25, 0.3) is 0 Å². The lowest BCUT2D eigenvalue weighted by Gasteiger charge is -2.18. The summed E-state index contributed by atoms with van der Waals surface area (Å²) < 4.78 is 1.96. The Morgan fingerprint density at radius 3 is 2.45 bits per heavy atom. The molecular weight excluding hydrogens is 250 g/mol. The lowest BCUT2D eigenvalue weighted by Crippen LogP contribution is -2.15. The molecule has 0 bridgehead atoms. The standard InChI is InChI=1S/C17H21NO2/c1-3-13(2)18-15(11-12-16(18)17(19)20)10-9-14-7-5-4-6-8-14/h4-8,11-13H,3,9-10H2,1-2H3,(H,19,20)/t13-/m1/s1. The fraction of sp³-hybridized carbons (Fsp3) is 0.353. The summed E-state index contributed by atoms with van der Waals surface area (Å²) in [5, 5.41) is 9.29. The second-order valence-electron chi connectivity index (χ2n) is 5.13. The van der Waals surface area contributed by atoms with Crippen LogP contribution in [0.2, 0.25) is 0 Å². The van der Waals surface area contributed by atoms with Gasteiger partial charge in [-0.2, -0.15) is 0 Å². The molecule has 1 heterocycles. The Bertz CT molecular complexity index is 572. The molecule has 0 saturated carbocycles. The molecule has 1 N–H and O–H groups in total. The largest absolute Gasteiger partial charge is 0.477 e. The number of aromatic carboxylic acids is 1. The smallest absolute Gasteiger partial charge is 0.352 e. The molecule has 0 saturated heterocycles. The van der Waals surface area contributed by atoms with Crippen molar-refractivity contribution in [3.8, 4) is 0 Å². The minimum Gasteiger partial charge on any atom is -0.477 e. The van der Waals surface area contributed by atoms with E-state index in [0.29, 0.717) is 5.69 Å². The summed E-state index contributed by atoms with van der Waals surface area (Å²) in [4.78, 5) is 11.3. The van der Waals surface area contributed by atoms with Crippen LogP contribution in [-0.2, 0) is 12.8 Å². The number of hydrogen-bond acceptors (Lipinski definition) is 1. The second kappa shape index (κ2) is 6.42. The Labute approximate surface area is 119 Å². The van der Waals surface area contributed by atoms with Crippen molar-refractivity contribution in [3.63, 3.8) is 0 Å². The predicted octanol–water partition coefficient (Wildman–Crippen LogP) is 3.94. The lowest BCUT2D eigenvalue weighted by atomic mass is 10.1. The van der Waals surface area contributed by atoms with Gasteiger partial charge in [0.1, 0.15) is 5.69 Å². The Balaban J connectivity index is 2.21. The van der Waals surface area contributed by atoms with E-state index in [0.717, 1.165) is 25.0 Å². The van der Waals surface area contributed by atoms with Gasteiger partial charge in [-0.1, -0.05) is 37.3 Å². The normalized spacial score (nSPS) is 12.3. The average Bonchev–Trinajstić information content (AvgIpc) is 2.89. The maximum absolute atomic E-state index is 11.3. The number of aryl methyl sites for hydroxylation is 2. The zero-order valence-electron chi connectivity index (χ0n) is 12.0. The molecule has 2 rings (SSSR count). The van der Waals surface area contributed by atoms with E-state index >= 15 is 0 Å². The van der Waals surface area contributed by atoms with Crippen LogP contribution in [0, 0.1) is 0 Å². The molecule has 2 aromatic rings. The number of hydrogen-bond donors (Lipinski definition) is 1. The van der Waals surface area contributed by atoms with Crippen molar-refractivity contribution in [2.45, 2.75) is 39.2 Å². The molecular formula is C17H21NO2. The van der Waals surface area contributed by atoms with Gasteiger partial charge in [-0.25, -0.2) is 4.79 Å². The fourth-order valence-electron chi connectivity index (χ4n) is 2.49. The number of nitrogens with zero attached hydrogens (tertiary/aromatic N) is 1. The van der Waals surface area contributed by atoms with Crippen molar-refractivity contribution < 1.29 is 9.90 Å². The average molecular weight is 271 g/mol. The maximum Gasteiger partial charge on any atom is 0.352 e. The summed E-state index contributed by atoms with van der Waals surface area (Å²) >= 11 is 0. The molecule has 0 radical (unpaired) electrons. The molecule has 3 heteroatoms. The fourth-order valence-corrected chi connectivity index (χ4v) is 2.49. The number of rotatable bonds is 6. The zero-order chi connectivity index (χ0) is 14.5. The van der Waals surface area contributed by atoms with Crippen molar-refractivity contribution in [1.29, 1.82) is 0 Å². The zero-order valence-corrected chi connectivity index (χ0v) is 12.0. The molecule has 0 aliphatic heterocycles. The van der Waals surface area contributed by atoms with Gasteiger partial charge < -0.3 is 9.67 Å². The molecule has 1 atom stereocenters. The molecule has 1 aromatic heterocycles. The quantitative estimate of drug-likeness (QED) is 0.864. The third-order valence-corrected chi connectivity index (χ3v) is 3.77. The summed E-state index contributed by atoms with van der Waals surface area (Å²) in [6.07, 6.45) is 2.72. The molecule has 0 aliphatic rings. The van der Waals surface area contributed by atoms with Gasteiger partial charge >= 0.3 is 5.97 Å². The highest BCUT2D eigenvalue weighted by Gasteiger charge is 2.17. The number of aromatic nitrogens is 1. The highest BCUT2D eigenvalue weighted by Crippen LogP contribution is 2.21. The number of carbonyl (C=O) groups is 1. The van der Waals surface area contributed by atoms with E-state index in [9.17, 15) is 9.90 Å². The Morgan fingerprint density at radius 2 is 1.85 bits per heavy atom. The highest BCUT2D eigenvalue weighted by atomic mass is 16.4. The van der Waals surface area contributed by atoms with E-state index in [1.165, 1.54) is 5.56 Å². The maximum atomic E-state index is 11.3. The summed E-state index contributed by atoms with van der Waals surface area (Å²) in [7, 11) is 0. The summed E-state index contributed by atoms with van der Waals surface area (Å²) in [6.45, 7) is 4.15. The van der Waals surface area contributed by atoms with Gasteiger partial charge in [0, 0.05) is 11.7 Å². The Kier molecular flexibility index (Phi) is 4.61. The van der Waals surface area contributed by atoms with E-state index in [1.807, 2.05) is 28.8 Å². The van der Waals surface area contributed by atoms with Crippen molar-refractivity contribution in [2.75, 3.05) is 0 Å². The van der Waals surface area contributed by atoms with Crippen molar-refractivity contribution in [3.05, 3.63) is 59.4 Å². The first kappa shape index (κ1) is 14.4. The van der Waals surface area contributed by atoms with E-state index in [1.54, 1.807) is 6.07 Å². The van der Waals surface area contributed by atoms with E-state index in [2.05, 4.69) is 26.0 Å². The van der Waals surface area contributed by atoms with Crippen LogP contribution in [0.4, 0.5) is 0 Å². The number of carboxylic acid groups (broad SMARTS) is 1. The molecule has 0 aliphatic carbocycles. The monoisotopic (exact) mass is 271 g/mol. The molecule has 1 aromatic carbocycles. The van der Waals surface area contributed by atoms with Gasteiger partial charge in [0.15, 0.2) is 0 Å². The first-order valence-corrected chi connectivity index (χ1v) is 7.10. The Morgan fingerprint density at radius 1 is 1.15 bits per heavy atom. The van der Waals surface area contributed by atoms with Crippen LogP contribution in [0.3, 0.4) is 0 Å². The third-order valence-electron chi connectivity index (χ3n) is 3.77. The lowest BCUT2D eigenvalue weighted by molar-refractivity contribution is 0.0682. The number of benzene rings is 1. The van der Waals surface area contributed by atoms with Crippen LogP contribution in [0.25, 0.3) is 0 Å². The summed E-state index contributed by atoms with van der Waals surface area (Å²) in [5.41, 5.74) is 2.77. The molecule has 0 spiro atoms. The highest BCUT2D eigenvalue weighted by molar-refractivity contribution is 5.86. The van der Waals surface area contributed by atoms with Crippen LogP contribution >= 0.6 is 0 Å². The van der Waals surface area contributed by atoms with Crippen molar-refractivity contribution in [2.24, 2.45) is 0 Å². The molecule has 0 unspecified atom stereocenters. The third kappa shape index (κ3) is 3.10. The molecule has 3 nitrogen and oxygen atoms in total. The van der Waals surface area contributed by atoms with Crippen LogP contribution in [-0.4, -0.2) is 15.6 Å². The Hall–Kier alpha value is -2.03. The van der Waals surface area contributed by atoms with Crippen LogP contribution in [0.15, 0.2) is 42.5 Å². The molecule has 20 heavy (non-hydrogen) atoms. The van der Waals surface area contributed by atoms with E-state index < -0.39 is 5.97 Å². The molecule has 106 valence electrons.